The molecule has 0 saturated carbocycles. The monoisotopic (exact) mass is 220 g/mol. The van der Waals surface area contributed by atoms with E-state index in [2.05, 4.69) is 6.07 Å². The summed E-state index contributed by atoms with van der Waals surface area (Å²) in [6.45, 7) is 6.76. The number of hydrogen-bond donors (Lipinski definition) is 1. The minimum Gasteiger partial charge on any atom is -0.335 e. The molecule has 1 amide bonds. The number of rotatable bonds is 4. The molecule has 3 nitrogen and oxygen atoms in total. The van der Waals surface area contributed by atoms with Gasteiger partial charge in [-0.2, -0.15) is 0 Å². The van der Waals surface area contributed by atoms with Crippen molar-refractivity contribution in [3.63, 3.8) is 0 Å². The molecule has 0 fully saturated rings. The number of carbonyl (C=O) groups is 1. The van der Waals surface area contributed by atoms with Crippen LogP contribution in [-0.2, 0) is 11.3 Å². The lowest BCUT2D eigenvalue weighted by atomic mass is 10.1. The van der Waals surface area contributed by atoms with Gasteiger partial charge >= 0.3 is 0 Å². The van der Waals surface area contributed by atoms with E-state index in [0.717, 1.165) is 5.56 Å². The number of aryl methyl sites for hydroxylation is 1. The van der Waals surface area contributed by atoms with E-state index in [1.54, 1.807) is 4.90 Å². The third-order valence-electron chi connectivity index (χ3n) is 2.55. The van der Waals surface area contributed by atoms with Crippen molar-refractivity contribution >= 4 is 5.91 Å². The molecule has 0 heterocycles. The van der Waals surface area contributed by atoms with Crippen LogP contribution in [0.3, 0.4) is 0 Å². The van der Waals surface area contributed by atoms with Gasteiger partial charge in [0.1, 0.15) is 0 Å². The highest BCUT2D eigenvalue weighted by molar-refractivity contribution is 5.78. The number of amides is 1. The summed E-state index contributed by atoms with van der Waals surface area (Å²) in [7, 11) is 0. The summed E-state index contributed by atoms with van der Waals surface area (Å²) in [6, 6.07) is 8.37. The third-order valence-corrected chi connectivity index (χ3v) is 2.55. The third kappa shape index (κ3) is 3.35. The van der Waals surface area contributed by atoms with E-state index >= 15 is 0 Å². The number of hydrogen-bond acceptors (Lipinski definition) is 2. The summed E-state index contributed by atoms with van der Waals surface area (Å²) in [6.07, 6.45) is 0. The Labute approximate surface area is 97.2 Å². The maximum Gasteiger partial charge on any atom is 0.236 e. The van der Waals surface area contributed by atoms with Gasteiger partial charge in [-0.25, -0.2) is 0 Å². The fourth-order valence-electron chi connectivity index (χ4n) is 1.68. The molecule has 0 aliphatic carbocycles. The number of carbonyl (C=O) groups excluding carboxylic acids is 1. The number of benzene rings is 1. The first-order valence-electron chi connectivity index (χ1n) is 5.59. The molecule has 0 spiro atoms. The van der Waals surface area contributed by atoms with Crippen LogP contribution in [0, 0.1) is 6.92 Å². The quantitative estimate of drug-likeness (QED) is 0.839. The van der Waals surface area contributed by atoms with Gasteiger partial charge < -0.3 is 10.6 Å². The molecule has 0 aliphatic heterocycles. The topological polar surface area (TPSA) is 46.3 Å². The summed E-state index contributed by atoms with van der Waals surface area (Å²) in [5, 5.41) is 0. The lowest BCUT2D eigenvalue weighted by Gasteiger charge is -2.26. The Kier molecular flexibility index (Phi) is 4.50. The standard InChI is InChI=1S/C13H20N2O/c1-10(2)15(13(16)8-14)9-12-6-4-5-11(3)7-12/h4-7,10H,8-9,14H2,1-3H3. The largest absolute Gasteiger partial charge is 0.335 e. The van der Waals surface area contributed by atoms with Crippen LogP contribution in [-0.4, -0.2) is 23.4 Å². The van der Waals surface area contributed by atoms with Crippen molar-refractivity contribution in [2.24, 2.45) is 5.73 Å². The molecule has 0 aliphatic rings. The molecular formula is C13H20N2O. The molecule has 0 unspecified atom stereocenters. The normalized spacial score (nSPS) is 10.6. The van der Waals surface area contributed by atoms with E-state index in [0.29, 0.717) is 6.54 Å². The van der Waals surface area contributed by atoms with Crippen molar-refractivity contribution in [2.75, 3.05) is 6.54 Å². The summed E-state index contributed by atoms with van der Waals surface area (Å²) < 4.78 is 0. The predicted octanol–water partition coefficient (Wildman–Crippen LogP) is 1.69. The van der Waals surface area contributed by atoms with Crippen LogP contribution in [0.1, 0.15) is 25.0 Å². The van der Waals surface area contributed by atoms with Crippen LogP contribution in [0.25, 0.3) is 0 Å². The van der Waals surface area contributed by atoms with E-state index in [9.17, 15) is 4.79 Å². The highest BCUT2D eigenvalue weighted by Crippen LogP contribution is 2.10. The highest BCUT2D eigenvalue weighted by atomic mass is 16.2. The highest BCUT2D eigenvalue weighted by Gasteiger charge is 2.15. The predicted molar refractivity (Wildman–Crippen MR) is 65.9 cm³/mol. The molecule has 0 aromatic heterocycles. The first kappa shape index (κ1) is 12.7. The van der Waals surface area contributed by atoms with Gasteiger partial charge in [-0.3, -0.25) is 4.79 Å². The molecule has 0 radical (unpaired) electrons. The smallest absolute Gasteiger partial charge is 0.236 e. The molecule has 2 N–H and O–H groups in total. The van der Waals surface area contributed by atoms with Gasteiger partial charge in [0.25, 0.3) is 0 Å². The van der Waals surface area contributed by atoms with Gasteiger partial charge in [0, 0.05) is 12.6 Å². The van der Waals surface area contributed by atoms with Crippen molar-refractivity contribution in [1.82, 2.24) is 4.90 Å². The molecule has 1 aromatic carbocycles. The van der Waals surface area contributed by atoms with E-state index in [-0.39, 0.29) is 18.5 Å². The molecule has 0 bridgehead atoms. The zero-order valence-corrected chi connectivity index (χ0v) is 10.2. The minimum absolute atomic E-state index is 0.00324. The van der Waals surface area contributed by atoms with E-state index in [4.69, 9.17) is 5.73 Å². The molecule has 1 aromatic rings. The van der Waals surface area contributed by atoms with Gasteiger partial charge in [0.2, 0.25) is 5.91 Å². The average molecular weight is 220 g/mol. The Morgan fingerprint density at radius 3 is 2.62 bits per heavy atom. The van der Waals surface area contributed by atoms with Crippen LogP contribution < -0.4 is 5.73 Å². The Hall–Kier alpha value is -1.35. The lowest BCUT2D eigenvalue weighted by molar-refractivity contribution is -0.132. The first-order valence-corrected chi connectivity index (χ1v) is 5.59. The average Bonchev–Trinajstić information content (AvgIpc) is 2.24. The first-order chi connectivity index (χ1) is 7.54. The van der Waals surface area contributed by atoms with Crippen LogP contribution in [0.5, 0.6) is 0 Å². The second-order valence-corrected chi connectivity index (χ2v) is 4.31. The Morgan fingerprint density at radius 2 is 2.12 bits per heavy atom. The molecule has 0 atom stereocenters. The fourth-order valence-corrected chi connectivity index (χ4v) is 1.68. The zero-order valence-electron chi connectivity index (χ0n) is 10.2. The summed E-state index contributed by atoms with van der Waals surface area (Å²) in [5.41, 5.74) is 7.76. The van der Waals surface area contributed by atoms with Crippen molar-refractivity contribution in [3.8, 4) is 0 Å². The molecule has 0 saturated heterocycles. The fraction of sp³-hybridized carbons (Fsp3) is 0.462. The lowest BCUT2D eigenvalue weighted by Crippen LogP contribution is -2.40. The summed E-state index contributed by atoms with van der Waals surface area (Å²) >= 11 is 0. The van der Waals surface area contributed by atoms with Crippen molar-refractivity contribution in [3.05, 3.63) is 35.4 Å². The SMILES string of the molecule is Cc1cccc(CN(C(=O)CN)C(C)C)c1. The van der Waals surface area contributed by atoms with Crippen LogP contribution in [0.4, 0.5) is 0 Å². The molecule has 3 heteroatoms. The Morgan fingerprint density at radius 1 is 1.44 bits per heavy atom. The van der Waals surface area contributed by atoms with E-state index in [1.807, 2.05) is 39.0 Å². The molecule has 88 valence electrons. The van der Waals surface area contributed by atoms with Gasteiger partial charge in [-0.05, 0) is 26.3 Å². The summed E-state index contributed by atoms with van der Waals surface area (Å²) in [5.74, 6) is -0.00324. The summed E-state index contributed by atoms with van der Waals surface area (Å²) in [4.78, 5) is 13.4. The van der Waals surface area contributed by atoms with Crippen molar-refractivity contribution < 1.29 is 4.79 Å². The van der Waals surface area contributed by atoms with Crippen LogP contribution >= 0.6 is 0 Å². The second-order valence-electron chi connectivity index (χ2n) is 4.31. The van der Waals surface area contributed by atoms with Crippen LogP contribution in [0.15, 0.2) is 24.3 Å². The van der Waals surface area contributed by atoms with Crippen LogP contribution in [0.2, 0.25) is 0 Å². The minimum atomic E-state index is -0.00324. The van der Waals surface area contributed by atoms with Crippen molar-refractivity contribution in [1.29, 1.82) is 0 Å². The molecule has 1 rings (SSSR count). The number of nitrogens with zero attached hydrogens (tertiary/aromatic N) is 1. The molecule has 16 heavy (non-hydrogen) atoms. The Balaban J connectivity index is 2.79. The molecular weight excluding hydrogens is 200 g/mol. The number of nitrogens with two attached hydrogens (primary N) is 1. The maximum absolute atomic E-state index is 11.6. The van der Waals surface area contributed by atoms with E-state index in [1.165, 1.54) is 5.56 Å². The van der Waals surface area contributed by atoms with Crippen molar-refractivity contribution in [2.45, 2.75) is 33.4 Å². The van der Waals surface area contributed by atoms with E-state index < -0.39 is 0 Å². The maximum atomic E-state index is 11.6. The van der Waals surface area contributed by atoms with Gasteiger partial charge in [0.15, 0.2) is 0 Å². The Bertz CT molecular complexity index is 361. The van der Waals surface area contributed by atoms with Gasteiger partial charge in [0.05, 0.1) is 6.54 Å². The second kappa shape index (κ2) is 5.66. The zero-order chi connectivity index (χ0) is 12.1. The van der Waals surface area contributed by atoms with Gasteiger partial charge in [-0.15, -0.1) is 0 Å². The van der Waals surface area contributed by atoms with Gasteiger partial charge in [-0.1, -0.05) is 29.8 Å².